The predicted octanol–water partition coefficient (Wildman–Crippen LogP) is 4.10. The first-order valence-electron chi connectivity index (χ1n) is 5.18. The number of hydrogen-bond acceptors (Lipinski definition) is 3. The summed E-state index contributed by atoms with van der Waals surface area (Å²) >= 11 is 13.1. The van der Waals surface area contributed by atoms with Crippen molar-refractivity contribution < 1.29 is 0 Å². The van der Waals surface area contributed by atoms with Crippen LogP contribution in [0.1, 0.15) is 25.6 Å². The molecule has 1 aromatic rings. The summed E-state index contributed by atoms with van der Waals surface area (Å²) in [6.45, 7) is 8.32. The quantitative estimate of drug-likeness (QED) is 0.877. The highest BCUT2D eigenvalue weighted by Crippen LogP contribution is 2.28. The van der Waals surface area contributed by atoms with Gasteiger partial charge in [-0.15, -0.1) is 11.3 Å². The molecule has 0 unspecified atom stereocenters. The van der Waals surface area contributed by atoms with Crippen LogP contribution in [0.4, 0.5) is 0 Å². The lowest BCUT2D eigenvalue weighted by molar-refractivity contribution is 0.572. The molecule has 0 saturated carbocycles. The summed E-state index contributed by atoms with van der Waals surface area (Å²) in [6, 6.07) is 0. The highest BCUT2D eigenvalue weighted by molar-refractivity contribution is 7.17. The molecule has 0 spiro atoms. The first kappa shape index (κ1) is 14.0. The third-order valence-corrected chi connectivity index (χ3v) is 3.42. The molecule has 2 nitrogen and oxygen atoms in total. The van der Waals surface area contributed by atoms with Crippen molar-refractivity contribution >= 4 is 40.6 Å². The molecular formula is C11H16Cl2N2S. The topological polar surface area (TPSA) is 24.9 Å². The number of nitrogens with zero attached hydrogens (tertiary/aromatic N) is 1. The summed E-state index contributed by atoms with van der Waals surface area (Å²) in [5.41, 5.74) is 1.22. The molecule has 0 bridgehead atoms. The van der Waals surface area contributed by atoms with Gasteiger partial charge in [-0.05, 0) is 25.5 Å². The highest BCUT2D eigenvalue weighted by atomic mass is 35.5. The Balaban J connectivity index is 2.53. The van der Waals surface area contributed by atoms with Gasteiger partial charge in [0.15, 0.2) is 4.47 Å². The molecule has 0 amide bonds. The highest BCUT2D eigenvalue weighted by Gasteiger charge is 2.05. The van der Waals surface area contributed by atoms with Crippen LogP contribution in [0, 0.1) is 5.92 Å². The smallest absolute Gasteiger partial charge is 0.185 e. The molecule has 0 radical (unpaired) electrons. The lowest BCUT2D eigenvalue weighted by atomic mass is 10.2. The SMILES string of the molecule is CC(=Cc1sc(Cl)nc1Cl)CNCC(C)C. The fourth-order valence-electron chi connectivity index (χ4n) is 1.21. The van der Waals surface area contributed by atoms with Crippen molar-refractivity contribution in [3.05, 3.63) is 20.1 Å². The molecule has 0 atom stereocenters. The second-order valence-corrected chi connectivity index (χ2v) is 6.11. The summed E-state index contributed by atoms with van der Waals surface area (Å²) in [6.07, 6.45) is 2.03. The van der Waals surface area contributed by atoms with Gasteiger partial charge >= 0.3 is 0 Å². The number of rotatable bonds is 5. The molecule has 5 heteroatoms. The molecule has 0 aromatic carbocycles. The standard InChI is InChI=1S/C11H16Cl2N2S/c1-7(2)5-14-6-8(3)4-9-10(12)15-11(13)16-9/h4,7,14H,5-6H2,1-3H3. The molecule has 1 aromatic heterocycles. The van der Waals surface area contributed by atoms with Gasteiger partial charge in [-0.1, -0.05) is 42.6 Å². The fourth-order valence-corrected chi connectivity index (χ4v) is 2.60. The number of aromatic nitrogens is 1. The third-order valence-electron chi connectivity index (χ3n) is 1.92. The normalized spacial score (nSPS) is 12.5. The van der Waals surface area contributed by atoms with Gasteiger partial charge in [0.25, 0.3) is 0 Å². The van der Waals surface area contributed by atoms with Gasteiger partial charge < -0.3 is 5.32 Å². The number of halogens is 2. The van der Waals surface area contributed by atoms with E-state index in [0.717, 1.165) is 18.0 Å². The van der Waals surface area contributed by atoms with Crippen LogP contribution in [0.3, 0.4) is 0 Å². The van der Waals surface area contributed by atoms with Crippen LogP contribution in [-0.2, 0) is 0 Å². The minimum Gasteiger partial charge on any atom is -0.313 e. The van der Waals surface area contributed by atoms with Crippen LogP contribution in [-0.4, -0.2) is 18.1 Å². The second kappa shape index (κ2) is 6.60. The number of thiazole rings is 1. The van der Waals surface area contributed by atoms with Crippen LogP contribution in [0.25, 0.3) is 6.08 Å². The van der Waals surface area contributed by atoms with Crippen LogP contribution in [0.15, 0.2) is 5.57 Å². The van der Waals surface area contributed by atoms with Gasteiger partial charge in [0.1, 0.15) is 5.15 Å². The zero-order valence-corrected chi connectivity index (χ0v) is 12.0. The van der Waals surface area contributed by atoms with Gasteiger partial charge in [0.05, 0.1) is 4.88 Å². The lowest BCUT2D eigenvalue weighted by Gasteiger charge is -2.07. The first-order chi connectivity index (χ1) is 7.49. The van der Waals surface area contributed by atoms with Crippen molar-refractivity contribution in [2.24, 2.45) is 5.92 Å². The van der Waals surface area contributed by atoms with Crippen molar-refractivity contribution in [1.82, 2.24) is 10.3 Å². The zero-order valence-electron chi connectivity index (χ0n) is 9.68. The average Bonchev–Trinajstić information content (AvgIpc) is 2.44. The zero-order chi connectivity index (χ0) is 12.1. The Kier molecular flexibility index (Phi) is 5.76. The van der Waals surface area contributed by atoms with E-state index >= 15 is 0 Å². The first-order valence-corrected chi connectivity index (χ1v) is 6.76. The Morgan fingerprint density at radius 2 is 2.19 bits per heavy atom. The molecule has 0 aliphatic heterocycles. The van der Waals surface area contributed by atoms with Crippen LogP contribution < -0.4 is 5.32 Å². The Morgan fingerprint density at radius 1 is 1.50 bits per heavy atom. The van der Waals surface area contributed by atoms with E-state index in [2.05, 4.69) is 31.1 Å². The molecular weight excluding hydrogens is 263 g/mol. The minimum atomic E-state index is 0.484. The molecule has 0 saturated heterocycles. The van der Waals surface area contributed by atoms with Crippen LogP contribution in [0.2, 0.25) is 9.62 Å². The van der Waals surface area contributed by atoms with E-state index in [9.17, 15) is 0 Å². The molecule has 1 N–H and O–H groups in total. The van der Waals surface area contributed by atoms with E-state index in [1.165, 1.54) is 16.9 Å². The summed E-state index contributed by atoms with van der Waals surface area (Å²) < 4.78 is 0.485. The maximum absolute atomic E-state index is 5.92. The predicted molar refractivity (Wildman–Crippen MR) is 73.5 cm³/mol. The Bertz CT molecular complexity index is 372. The number of hydrogen-bond donors (Lipinski definition) is 1. The van der Waals surface area contributed by atoms with E-state index in [1.54, 1.807) is 0 Å². The van der Waals surface area contributed by atoms with Gasteiger partial charge in [0, 0.05) is 6.54 Å². The molecule has 16 heavy (non-hydrogen) atoms. The van der Waals surface area contributed by atoms with E-state index in [1.807, 2.05) is 6.08 Å². The van der Waals surface area contributed by atoms with Crippen LogP contribution >= 0.6 is 34.5 Å². The Morgan fingerprint density at radius 3 is 2.69 bits per heavy atom. The third kappa shape index (κ3) is 4.83. The molecule has 90 valence electrons. The average molecular weight is 279 g/mol. The van der Waals surface area contributed by atoms with Gasteiger partial charge in [-0.3, -0.25) is 0 Å². The fraction of sp³-hybridized carbons (Fsp3) is 0.545. The van der Waals surface area contributed by atoms with Crippen LogP contribution in [0.5, 0.6) is 0 Å². The second-order valence-electron chi connectivity index (χ2n) is 4.14. The summed E-state index contributed by atoms with van der Waals surface area (Å²) in [5, 5.41) is 3.86. The molecule has 0 aliphatic rings. The summed E-state index contributed by atoms with van der Waals surface area (Å²) in [7, 11) is 0. The summed E-state index contributed by atoms with van der Waals surface area (Å²) in [4.78, 5) is 4.88. The lowest BCUT2D eigenvalue weighted by Crippen LogP contribution is -2.21. The monoisotopic (exact) mass is 278 g/mol. The number of nitrogens with one attached hydrogen (secondary N) is 1. The maximum atomic E-state index is 5.92. The molecule has 1 heterocycles. The van der Waals surface area contributed by atoms with Crippen molar-refractivity contribution in [2.45, 2.75) is 20.8 Å². The minimum absolute atomic E-state index is 0.484. The van der Waals surface area contributed by atoms with Crippen molar-refractivity contribution in [2.75, 3.05) is 13.1 Å². The van der Waals surface area contributed by atoms with Gasteiger partial charge in [0.2, 0.25) is 0 Å². The van der Waals surface area contributed by atoms with Crippen molar-refractivity contribution in [1.29, 1.82) is 0 Å². The van der Waals surface area contributed by atoms with E-state index in [-0.39, 0.29) is 0 Å². The summed E-state index contributed by atoms with van der Waals surface area (Å²) in [5.74, 6) is 0.661. The molecule has 1 rings (SSSR count). The largest absolute Gasteiger partial charge is 0.313 e. The van der Waals surface area contributed by atoms with Gasteiger partial charge in [-0.25, -0.2) is 4.98 Å². The van der Waals surface area contributed by atoms with Gasteiger partial charge in [-0.2, -0.15) is 0 Å². The maximum Gasteiger partial charge on any atom is 0.185 e. The van der Waals surface area contributed by atoms with Crippen molar-refractivity contribution in [3.63, 3.8) is 0 Å². The molecule has 0 fully saturated rings. The van der Waals surface area contributed by atoms with E-state index in [4.69, 9.17) is 23.2 Å². The van der Waals surface area contributed by atoms with E-state index in [0.29, 0.717) is 15.5 Å². The van der Waals surface area contributed by atoms with E-state index < -0.39 is 0 Å². The Labute approximate surface area is 111 Å². The van der Waals surface area contributed by atoms with Crippen molar-refractivity contribution in [3.8, 4) is 0 Å². The molecule has 0 aliphatic carbocycles. The Hall–Kier alpha value is -0.0900.